The summed E-state index contributed by atoms with van der Waals surface area (Å²) in [5, 5.41) is 2.84. The van der Waals surface area contributed by atoms with Gasteiger partial charge in [-0.2, -0.15) is 0 Å². The van der Waals surface area contributed by atoms with Gasteiger partial charge >= 0.3 is 5.97 Å². The first-order valence-electron chi connectivity index (χ1n) is 8.42. The number of nitrogens with one attached hydrogen (secondary N) is 1. The number of hydrogen-bond donors (Lipinski definition) is 1. The molecule has 0 bridgehead atoms. The lowest BCUT2D eigenvalue weighted by Gasteiger charge is -2.08. The molecular formula is C20H23NO5. The van der Waals surface area contributed by atoms with Crippen molar-refractivity contribution in [3.8, 4) is 11.5 Å². The zero-order chi connectivity index (χ0) is 18.8. The van der Waals surface area contributed by atoms with E-state index in [1.807, 2.05) is 31.2 Å². The number of ether oxygens (including phenoxy) is 3. The van der Waals surface area contributed by atoms with E-state index in [1.54, 1.807) is 24.3 Å². The van der Waals surface area contributed by atoms with Crippen molar-refractivity contribution in [1.29, 1.82) is 0 Å². The molecule has 1 N–H and O–H groups in total. The molecule has 0 aliphatic heterocycles. The van der Waals surface area contributed by atoms with Gasteiger partial charge in [-0.1, -0.05) is 12.1 Å². The summed E-state index contributed by atoms with van der Waals surface area (Å²) >= 11 is 0. The minimum Gasteiger partial charge on any atom is -0.494 e. The standard InChI is InChI=1S/C20H23NO5/c1-3-25-17-9-4-15(5-10-17)6-13-19(22)21-16-7-11-18(12-8-16)26-14-20(23)24-2/h4-5,7-12H,3,6,13-14H2,1-2H3,(H,21,22). The average Bonchev–Trinajstić information content (AvgIpc) is 2.67. The molecule has 0 aromatic heterocycles. The van der Waals surface area contributed by atoms with Crippen LogP contribution < -0.4 is 14.8 Å². The van der Waals surface area contributed by atoms with Crippen LogP contribution in [0.1, 0.15) is 18.9 Å². The number of benzene rings is 2. The molecule has 0 fully saturated rings. The van der Waals surface area contributed by atoms with Gasteiger partial charge in [0.2, 0.25) is 5.91 Å². The summed E-state index contributed by atoms with van der Waals surface area (Å²) in [6.07, 6.45) is 1.03. The molecule has 2 rings (SSSR count). The lowest BCUT2D eigenvalue weighted by atomic mass is 10.1. The first kappa shape index (κ1) is 19.3. The highest BCUT2D eigenvalue weighted by atomic mass is 16.6. The monoisotopic (exact) mass is 357 g/mol. The van der Waals surface area contributed by atoms with E-state index in [4.69, 9.17) is 9.47 Å². The maximum Gasteiger partial charge on any atom is 0.343 e. The Bertz CT molecular complexity index is 710. The molecule has 0 atom stereocenters. The van der Waals surface area contributed by atoms with E-state index in [0.717, 1.165) is 11.3 Å². The zero-order valence-electron chi connectivity index (χ0n) is 15.0. The zero-order valence-corrected chi connectivity index (χ0v) is 15.0. The molecule has 1 amide bonds. The number of hydrogen-bond acceptors (Lipinski definition) is 5. The highest BCUT2D eigenvalue weighted by Crippen LogP contribution is 2.17. The molecular weight excluding hydrogens is 334 g/mol. The van der Waals surface area contributed by atoms with Gasteiger partial charge in [0.25, 0.3) is 0 Å². The first-order valence-corrected chi connectivity index (χ1v) is 8.42. The van der Waals surface area contributed by atoms with Crippen molar-refractivity contribution >= 4 is 17.6 Å². The van der Waals surface area contributed by atoms with Crippen molar-refractivity contribution in [1.82, 2.24) is 0 Å². The van der Waals surface area contributed by atoms with Gasteiger partial charge in [-0.15, -0.1) is 0 Å². The summed E-state index contributed by atoms with van der Waals surface area (Å²) in [5.74, 6) is 0.844. The van der Waals surface area contributed by atoms with Gasteiger partial charge in [-0.25, -0.2) is 4.79 Å². The Balaban J connectivity index is 1.77. The van der Waals surface area contributed by atoms with Gasteiger partial charge in [-0.05, 0) is 55.3 Å². The predicted octanol–water partition coefficient (Wildman–Crippen LogP) is 3.21. The van der Waals surface area contributed by atoms with Gasteiger partial charge in [0.1, 0.15) is 11.5 Å². The van der Waals surface area contributed by atoms with Crippen molar-refractivity contribution in [3.05, 3.63) is 54.1 Å². The van der Waals surface area contributed by atoms with E-state index in [9.17, 15) is 9.59 Å². The molecule has 0 radical (unpaired) electrons. The number of anilines is 1. The molecule has 6 nitrogen and oxygen atoms in total. The summed E-state index contributed by atoms with van der Waals surface area (Å²) in [4.78, 5) is 23.1. The number of carbonyl (C=O) groups excluding carboxylic acids is 2. The van der Waals surface area contributed by atoms with E-state index in [2.05, 4.69) is 10.1 Å². The van der Waals surface area contributed by atoms with Crippen molar-refractivity contribution in [2.24, 2.45) is 0 Å². The summed E-state index contributed by atoms with van der Waals surface area (Å²) in [5.41, 5.74) is 1.75. The Morgan fingerprint density at radius 3 is 2.15 bits per heavy atom. The van der Waals surface area contributed by atoms with Crippen LogP contribution in [0.5, 0.6) is 11.5 Å². The van der Waals surface area contributed by atoms with Gasteiger partial charge in [-0.3, -0.25) is 4.79 Å². The Morgan fingerprint density at radius 2 is 1.54 bits per heavy atom. The van der Waals surface area contributed by atoms with E-state index in [-0.39, 0.29) is 12.5 Å². The summed E-state index contributed by atoms with van der Waals surface area (Å²) in [6, 6.07) is 14.6. The van der Waals surface area contributed by atoms with Crippen LogP contribution in [0.3, 0.4) is 0 Å². The molecule has 0 saturated carbocycles. The van der Waals surface area contributed by atoms with Crippen LogP contribution in [0.2, 0.25) is 0 Å². The Labute approximate surface area is 153 Å². The van der Waals surface area contributed by atoms with Crippen LogP contribution in [-0.4, -0.2) is 32.2 Å². The van der Waals surface area contributed by atoms with Gasteiger partial charge in [0, 0.05) is 12.1 Å². The van der Waals surface area contributed by atoms with Crippen LogP contribution in [-0.2, 0) is 20.7 Å². The van der Waals surface area contributed by atoms with Crippen molar-refractivity contribution in [2.75, 3.05) is 25.6 Å². The molecule has 0 aliphatic carbocycles. The smallest absolute Gasteiger partial charge is 0.343 e. The van der Waals surface area contributed by atoms with E-state index < -0.39 is 5.97 Å². The summed E-state index contributed by atoms with van der Waals surface area (Å²) < 4.78 is 15.2. The van der Waals surface area contributed by atoms with Gasteiger partial charge < -0.3 is 19.5 Å². The van der Waals surface area contributed by atoms with Crippen molar-refractivity contribution in [3.63, 3.8) is 0 Å². The molecule has 138 valence electrons. The molecule has 0 aliphatic rings. The topological polar surface area (TPSA) is 73.9 Å². The number of aryl methyl sites for hydroxylation is 1. The second-order valence-corrected chi connectivity index (χ2v) is 5.51. The average molecular weight is 357 g/mol. The minimum atomic E-state index is -0.448. The van der Waals surface area contributed by atoms with E-state index >= 15 is 0 Å². The minimum absolute atomic E-state index is 0.0675. The maximum absolute atomic E-state index is 12.1. The summed E-state index contributed by atoms with van der Waals surface area (Å²) in [6.45, 7) is 2.43. The number of methoxy groups -OCH3 is 1. The third-order valence-corrected chi connectivity index (χ3v) is 3.60. The largest absolute Gasteiger partial charge is 0.494 e. The van der Waals surface area contributed by atoms with Gasteiger partial charge in [0.05, 0.1) is 13.7 Å². The second-order valence-electron chi connectivity index (χ2n) is 5.51. The second kappa shape index (κ2) is 10.1. The Kier molecular flexibility index (Phi) is 7.49. The number of amides is 1. The molecule has 6 heteroatoms. The number of rotatable bonds is 9. The van der Waals surface area contributed by atoms with Crippen LogP contribution in [0.15, 0.2) is 48.5 Å². The third kappa shape index (κ3) is 6.47. The van der Waals surface area contributed by atoms with Crippen LogP contribution >= 0.6 is 0 Å². The maximum atomic E-state index is 12.1. The Morgan fingerprint density at radius 1 is 0.923 bits per heavy atom. The molecule has 0 unspecified atom stereocenters. The lowest BCUT2D eigenvalue weighted by Crippen LogP contribution is -2.13. The van der Waals surface area contributed by atoms with Crippen molar-refractivity contribution in [2.45, 2.75) is 19.8 Å². The van der Waals surface area contributed by atoms with Crippen LogP contribution in [0.25, 0.3) is 0 Å². The van der Waals surface area contributed by atoms with Gasteiger partial charge in [0.15, 0.2) is 6.61 Å². The highest BCUT2D eigenvalue weighted by molar-refractivity contribution is 5.90. The van der Waals surface area contributed by atoms with Crippen molar-refractivity contribution < 1.29 is 23.8 Å². The quantitative estimate of drug-likeness (QED) is 0.698. The highest BCUT2D eigenvalue weighted by Gasteiger charge is 2.05. The van der Waals surface area contributed by atoms with E-state index in [1.165, 1.54) is 7.11 Å². The number of esters is 1. The molecule has 0 saturated heterocycles. The van der Waals surface area contributed by atoms with Crippen LogP contribution in [0.4, 0.5) is 5.69 Å². The fourth-order valence-corrected chi connectivity index (χ4v) is 2.24. The van der Waals surface area contributed by atoms with E-state index in [0.29, 0.717) is 30.9 Å². The molecule has 0 spiro atoms. The Hall–Kier alpha value is -3.02. The molecule has 2 aromatic carbocycles. The summed E-state index contributed by atoms with van der Waals surface area (Å²) in [7, 11) is 1.30. The third-order valence-electron chi connectivity index (χ3n) is 3.60. The normalized spacial score (nSPS) is 10.1. The molecule has 0 heterocycles. The number of carbonyl (C=O) groups is 2. The molecule has 2 aromatic rings. The molecule has 26 heavy (non-hydrogen) atoms. The predicted molar refractivity (Wildman–Crippen MR) is 98.5 cm³/mol. The van der Waals surface area contributed by atoms with Crippen LogP contribution in [0, 0.1) is 0 Å². The fraction of sp³-hybridized carbons (Fsp3) is 0.300. The lowest BCUT2D eigenvalue weighted by molar-refractivity contribution is -0.142. The fourth-order valence-electron chi connectivity index (χ4n) is 2.24. The SMILES string of the molecule is CCOc1ccc(CCC(=O)Nc2ccc(OCC(=O)OC)cc2)cc1. The first-order chi connectivity index (χ1) is 12.6.